The predicted molar refractivity (Wildman–Crippen MR) is 110 cm³/mol. The molecule has 1 heterocycles. The van der Waals surface area contributed by atoms with Gasteiger partial charge in [0.1, 0.15) is 0 Å². The molecule has 0 unspecified atom stereocenters. The van der Waals surface area contributed by atoms with Gasteiger partial charge in [0, 0.05) is 36.3 Å². The Labute approximate surface area is 165 Å². The fraction of sp³-hybridized carbons (Fsp3) is 0.318. The molecule has 1 saturated heterocycles. The summed E-state index contributed by atoms with van der Waals surface area (Å²) in [7, 11) is 0. The van der Waals surface area contributed by atoms with Crippen molar-refractivity contribution < 1.29 is 4.79 Å². The van der Waals surface area contributed by atoms with Crippen LogP contribution in [-0.2, 0) is 6.54 Å². The van der Waals surface area contributed by atoms with Gasteiger partial charge in [-0.05, 0) is 42.7 Å². The molecule has 0 radical (unpaired) electrons. The molecule has 27 heavy (non-hydrogen) atoms. The molecule has 2 aromatic rings. The number of hydrogen-bond donors (Lipinski definition) is 2. The molecule has 0 atom stereocenters. The lowest BCUT2D eigenvalue weighted by atomic mass is 10.0. The highest BCUT2D eigenvalue weighted by molar-refractivity contribution is 6.30. The number of amides is 2. The van der Waals surface area contributed by atoms with Crippen molar-refractivity contribution in [3.8, 4) is 11.8 Å². The number of piperidine rings is 1. The molecule has 0 bridgehead atoms. The van der Waals surface area contributed by atoms with Crippen LogP contribution in [0.5, 0.6) is 0 Å². The van der Waals surface area contributed by atoms with Crippen LogP contribution in [0.25, 0.3) is 0 Å². The molecule has 4 nitrogen and oxygen atoms in total. The van der Waals surface area contributed by atoms with Gasteiger partial charge in [-0.25, -0.2) is 4.79 Å². The molecule has 1 aliphatic rings. The van der Waals surface area contributed by atoms with Gasteiger partial charge in [-0.1, -0.05) is 53.8 Å². The van der Waals surface area contributed by atoms with E-state index in [1.807, 2.05) is 42.5 Å². The van der Waals surface area contributed by atoms with E-state index in [2.05, 4.69) is 39.5 Å². The Kier molecular flexibility index (Phi) is 7.15. The number of carbonyl (C=O) groups excluding carboxylic acids is 1. The van der Waals surface area contributed by atoms with E-state index in [1.54, 1.807) is 0 Å². The van der Waals surface area contributed by atoms with Crippen LogP contribution in [0.15, 0.2) is 54.6 Å². The molecule has 5 heteroatoms. The molecule has 2 amide bonds. The zero-order chi connectivity index (χ0) is 18.9. The maximum atomic E-state index is 12.0. The highest BCUT2D eigenvalue weighted by Crippen LogP contribution is 2.15. The van der Waals surface area contributed by atoms with Crippen LogP contribution in [0.3, 0.4) is 0 Å². The van der Waals surface area contributed by atoms with Gasteiger partial charge in [-0.3, -0.25) is 4.90 Å². The van der Waals surface area contributed by atoms with E-state index < -0.39 is 0 Å². The molecular formula is C22H24ClN3O. The number of likely N-dealkylation sites (tertiary alicyclic amines) is 1. The van der Waals surface area contributed by atoms with Gasteiger partial charge in [0.05, 0.1) is 6.54 Å². The molecule has 2 aromatic carbocycles. The smallest absolute Gasteiger partial charge is 0.315 e. The van der Waals surface area contributed by atoms with Crippen LogP contribution in [0.4, 0.5) is 4.79 Å². The molecule has 3 rings (SSSR count). The molecule has 2 N–H and O–H groups in total. The number of carbonyl (C=O) groups is 1. The summed E-state index contributed by atoms with van der Waals surface area (Å²) in [4.78, 5) is 14.4. The van der Waals surface area contributed by atoms with Gasteiger partial charge in [0.15, 0.2) is 0 Å². The number of nitrogens with zero attached hydrogens (tertiary/aromatic N) is 1. The van der Waals surface area contributed by atoms with Crippen LogP contribution in [0.2, 0.25) is 5.02 Å². The minimum Gasteiger partial charge on any atom is -0.335 e. The number of urea groups is 1. The number of benzene rings is 2. The van der Waals surface area contributed by atoms with Gasteiger partial charge in [-0.15, -0.1) is 0 Å². The van der Waals surface area contributed by atoms with Crippen molar-refractivity contribution in [2.24, 2.45) is 0 Å². The summed E-state index contributed by atoms with van der Waals surface area (Å²) in [5.41, 5.74) is 2.22. The van der Waals surface area contributed by atoms with Crippen molar-refractivity contribution in [1.82, 2.24) is 15.5 Å². The third kappa shape index (κ3) is 6.63. The topological polar surface area (TPSA) is 44.4 Å². The number of rotatable bonds is 4. The van der Waals surface area contributed by atoms with Gasteiger partial charge < -0.3 is 10.6 Å². The Morgan fingerprint density at radius 2 is 1.78 bits per heavy atom. The first-order valence-electron chi connectivity index (χ1n) is 9.24. The quantitative estimate of drug-likeness (QED) is 0.794. The van der Waals surface area contributed by atoms with E-state index in [9.17, 15) is 4.79 Å². The zero-order valence-corrected chi connectivity index (χ0v) is 16.0. The SMILES string of the molecule is O=C(NCC#Cc1ccccc1)NC1CCN(Cc2ccc(Cl)cc2)CC1. The van der Waals surface area contributed by atoms with Crippen molar-refractivity contribution >= 4 is 17.6 Å². The van der Waals surface area contributed by atoms with Crippen LogP contribution in [0.1, 0.15) is 24.0 Å². The van der Waals surface area contributed by atoms with Crippen LogP contribution in [-0.4, -0.2) is 36.6 Å². The normalized spacial score (nSPS) is 14.9. The first-order chi connectivity index (χ1) is 13.2. The summed E-state index contributed by atoms with van der Waals surface area (Å²) >= 11 is 5.93. The number of hydrogen-bond acceptors (Lipinski definition) is 2. The van der Waals surface area contributed by atoms with E-state index in [0.29, 0.717) is 6.54 Å². The fourth-order valence-corrected chi connectivity index (χ4v) is 3.24. The van der Waals surface area contributed by atoms with Crippen molar-refractivity contribution in [2.75, 3.05) is 19.6 Å². The Morgan fingerprint density at radius 3 is 2.48 bits per heavy atom. The average Bonchev–Trinajstić information content (AvgIpc) is 2.69. The molecule has 1 fully saturated rings. The second kappa shape index (κ2) is 10.0. The third-order valence-corrected chi connectivity index (χ3v) is 4.84. The standard InChI is InChI=1S/C22H24ClN3O/c23-20-10-8-19(9-11-20)17-26-15-12-21(13-16-26)25-22(27)24-14-4-7-18-5-2-1-3-6-18/h1-3,5-6,8-11,21H,12-17H2,(H2,24,25,27). The maximum Gasteiger partial charge on any atom is 0.315 e. The largest absolute Gasteiger partial charge is 0.335 e. The Hall–Kier alpha value is -2.48. The van der Waals surface area contributed by atoms with Gasteiger partial charge in [0.2, 0.25) is 0 Å². The molecular weight excluding hydrogens is 358 g/mol. The summed E-state index contributed by atoms with van der Waals surface area (Å²) in [5, 5.41) is 6.62. The summed E-state index contributed by atoms with van der Waals surface area (Å²) in [6.07, 6.45) is 1.91. The first-order valence-corrected chi connectivity index (χ1v) is 9.62. The van der Waals surface area contributed by atoms with E-state index in [1.165, 1.54) is 5.56 Å². The highest BCUT2D eigenvalue weighted by atomic mass is 35.5. The predicted octanol–water partition coefficient (Wildman–Crippen LogP) is 3.66. The molecule has 0 aliphatic carbocycles. The van der Waals surface area contributed by atoms with E-state index >= 15 is 0 Å². The Bertz CT molecular complexity index is 788. The summed E-state index contributed by atoms with van der Waals surface area (Å²) in [6, 6.07) is 17.8. The Morgan fingerprint density at radius 1 is 1.07 bits per heavy atom. The van der Waals surface area contributed by atoms with Crippen molar-refractivity contribution in [3.05, 3.63) is 70.7 Å². The number of nitrogens with one attached hydrogen (secondary N) is 2. The van der Waals surface area contributed by atoms with E-state index in [0.717, 1.165) is 43.1 Å². The molecule has 140 valence electrons. The highest BCUT2D eigenvalue weighted by Gasteiger charge is 2.20. The van der Waals surface area contributed by atoms with Crippen molar-refractivity contribution in [2.45, 2.75) is 25.4 Å². The second-order valence-electron chi connectivity index (χ2n) is 6.67. The van der Waals surface area contributed by atoms with Crippen molar-refractivity contribution in [3.63, 3.8) is 0 Å². The van der Waals surface area contributed by atoms with E-state index in [-0.39, 0.29) is 12.1 Å². The van der Waals surface area contributed by atoms with Gasteiger partial charge in [-0.2, -0.15) is 0 Å². The molecule has 0 aromatic heterocycles. The maximum absolute atomic E-state index is 12.0. The summed E-state index contributed by atoms with van der Waals surface area (Å²) < 4.78 is 0. The lowest BCUT2D eigenvalue weighted by Gasteiger charge is -2.32. The third-order valence-electron chi connectivity index (χ3n) is 4.59. The average molecular weight is 382 g/mol. The van der Waals surface area contributed by atoms with Gasteiger partial charge >= 0.3 is 6.03 Å². The van der Waals surface area contributed by atoms with Crippen molar-refractivity contribution in [1.29, 1.82) is 0 Å². The summed E-state index contributed by atoms with van der Waals surface area (Å²) in [5.74, 6) is 6.00. The monoisotopic (exact) mass is 381 g/mol. The second-order valence-corrected chi connectivity index (χ2v) is 7.11. The molecule has 0 spiro atoms. The first kappa shape index (κ1) is 19.3. The Balaban J connectivity index is 1.34. The zero-order valence-electron chi connectivity index (χ0n) is 15.2. The minimum absolute atomic E-state index is 0.145. The van der Waals surface area contributed by atoms with Gasteiger partial charge in [0.25, 0.3) is 0 Å². The molecule has 1 aliphatic heterocycles. The van der Waals surface area contributed by atoms with Crippen LogP contribution < -0.4 is 10.6 Å². The fourth-order valence-electron chi connectivity index (χ4n) is 3.11. The molecule has 0 saturated carbocycles. The van der Waals surface area contributed by atoms with Crippen LogP contribution in [0, 0.1) is 11.8 Å². The summed E-state index contributed by atoms with van der Waals surface area (Å²) in [6.45, 7) is 3.21. The minimum atomic E-state index is -0.145. The lowest BCUT2D eigenvalue weighted by Crippen LogP contribution is -2.47. The van der Waals surface area contributed by atoms with E-state index in [4.69, 9.17) is 11.6 Å². The van der Waals surface area contributed by atoms with Crippen LogP contribution >= 0.6 is 11.6 Å². The lowest BCUT2D eigenvalue weighted by molar-refractivity contribution is 0.187. The number of halogens is 1.